The number of ether oxygens (including phenoxy) is 2. The average Bonchev–Trinajstić information content (AvgIpc) is 2.74. The number of benzene rings is 1. The molecule has 0 aliphatic rings. The number of alkyl halides is 2. The molecule has 9 heteroatoms. The van der Waals surface area contributed by atoms with E-state index < -0.39 is 35.7 Å². The standard InChI is InChI=1S/C21H23ClF2N2O4/c1-3-4-8-17(19(27)29-2)26-20(28)30-18(14-9-11-25-12-10-14)21(23,24)15-6-5-7-16(22)13-15/h5-7,9-13,17-18H,3-4,8H2,1-2H3,(H,26,28)/t17-,18?/m0/s1. The number of esters is 1. The van der Waals surface area contributed by atoms with Gasteiger partial charge in [-0.25, -0.2) is 9.59 Å². The highest BCUT2D eigenvalue weighted by Gasteiger charge is 2.46. The van der Waals surface area contributed by atoms with E-state index in [-0.39, 0.29) is 10.6 Å². The van der Waals surface area contributed by atoms with Crippen molar-refractivity contribution in [3.8, 4) is 0 Å². The number of methoxy groups -OCH3 is 1. The van der Waals surface area contributed by atoms with Crippen molar-refractivity contribution in [1.82, 2.24) is 10.3 Å². The van der Waals surface area contributed by atoms with E-state index in [4.69, 9.17) is 16.3 Å². The molecule has 6 nitrogen and oxygen atoms in total. The van der Waals surface area contributed by atoms with Crippen LogP contribution in [0.4, 0.5) is 13.6 Å². The quantitative estimate of drug-likeness (QED) is 0.553. The van der Waals surface area contributed by atoms with Gasteiger partial charge < -0.3 is 14.8 Å². The number of unbranched alkanes of at least 4 members (excludes halogenated alkanes) is 1. The minimum atomic E-state index is -3.60. The van der Waals surface area contributed by atoms with Crippen molar-refractivity contribution in [2.24, 2.45) is 0 Å². The van der Waals surface area contributed by atoms with Crippen LogP contribution in [-0.2, 0) is 20.2 Å². The molecule has 1 heterocycles. The molecule has 1 N–H and O–H groups in total. The Balaban J connectivity index is 2.30. The summed E-state index contributed by atoms with van der Waals surface area (Å²) in [6, 6.07) is 6.80. The predicted molar refractivity (Wildman–Crippen MR) is 107 cm³/mol. The molecule has 30 heavy (non-hydrogen) atoms. The second-order valence-corrected chi connectivity index (χ2v) is 7.00. The summed E-state index contributed by atoms with van der Waals surface area (Å²) in [4.78, 5) is 28.2. The first-order chi connectivity index (χ1) is 14.3. The first-order valence-electron chi connectivity index (χ1n) is 9.38. The molecule has 2 aromatic rings. The highest BCUT2D eigenvalue weighted by atomic mass is 35.5. The maximum Gasteiger partial charge on any atom is 0.408 e. The lowest BCUT2D eigenvalue weighted by molar-refractivity contribution is -0.143. The fourth-order valence-electron chi connectivity index (χ4n) is 2.82. The molecule has 0 aliphatic carbocycles. The second kappa shape index (κ2) is 10.9. The summed E-state index contributed by atoms with van der Waals surface area (Å²) in [5.41, 5.74) is -0.381. The molecule has 2 rings (SSSR count). The minimum Gasteiger partial charge on any atom is -0.467 e. The number of nitrogens with one attached hydrogen (secondary N) is 1. The van der Waals surface area contributed by atoms with Crippen LogP contribution in [0.5, 0.6) is 0 Å². The lowest BCUT2D eigenvalue weighted by atomic mass is 9.98. The average molecular weight is 441 g/mol. The summed E-state index contributed by atoms with van der Waals surface area (Å²) in [5.74, 6) is -4.28. The molecule has 0 saturated carbocycles. The van der Waals surface area contributed by atoms with Gasteiger partial charge in [-0.15, -0.1) is 0 Å². The highest BCUT2D eigenvalue weighted by Crippen LogP contribution is 2.43. The zero-order valence-corrected chi connectivity index (χ0v) is 17.4. The molecule has 1 unspecified atom stereocenters. The Morgan fingerprint density at radius 2 is 1.93 bits per heavy atom. The van der Waals surface area contributed by atoms with Gasteiger partial charge in [-0.1, -0.05) is 43.5 Å². The Morgan fingerprint density at radius 3 is 2.53 bits per heavy atom. The number of hydrogen-bond donors (Lipinski definition) is 1. The topological polar surface area (TPSA) is 77.5 Å². The van der Waals surface area contributed by atoms with Crippen LogP contribution in [-0.4, -0.2) is 30.2 Å². The minimum absolute atomic E-state index is 0.0355. The Bertz CT molecular complexity index is 852. The van der Waals surface area contributed by atoms with Crippen LogP contribution in [0, 0.1) is 0 Å². The third-order valence-corrected chi connectivity index (χ3v) is 4.63. The predicted octanol–water partition coefficient (Wildman–Crippen LogP) is 5.03. The third kappa shape index (κ3) is 6.13. The Hall–Kier alpha value is -2.74. The monoisotopic (exact) mass is 440 g/mol. The number of nitrogens with zero attached hydrogens (tertiary/aromatic N) is 1. The first-order valence-corrected chi connectivity index (χ1v) is 9.76. The molecule has 162 valence electrons. The van der Waals surface area contributed by atoms with Gasteiger partial charge in [0, 0.05) is 28.5 Å². The largest absolute Gasteiger partial charge is 0.467 e. The molecule has 0 saturated heterocycles. The second-order valence-electron chi connectivity index (χ2n) is 6.56. The summed E-state index contributed by atoms with van der Waals surface area (Å²) >= 11 is 5.86. The normalized spacial score (nSPS) is 13.2. The SMILES string of the molecule is CCCC[C@H](NC(=O)OC(c1ccncc1)C(F)(F)c1cccc(Cl)c1)C(=O)OC. The zero-order chi connectivity index (χ0) is 22.1. The number of aromatic nitrogens is 1. The van der Waals surface area contributed by atoms with Gasteiger partial charge in [-0.3, -0.25) is 4.98 Å². The van der Waals surface area contributed by atoms with Crippen molar-refractivity contribution < 1.29 is 27.8 Å². The van der Waals surface area contributed by atoms with Crippen LogP contribution in [0.15, 0.2) is 48.8 Å². The molecule has 0 aliphatic heterocycles. The lowest BCUT2D eigenvalue weighted by Gasteiger charge is -2.28. The lowest BCUT2D eigenvalue weighted by Crippen LogP contribution is -2.43. The van der Waals surface area contributed by atoms with Crippen LogP contribution in [0.1, 0.15) is 43.4 Å². The first kappa shape index (κ1) is 23.5. The van der Waals surface area contributed by atoms with Gasteiger partial charge in [-0.2, -0.15) is 8.78 Å². The molecule has 1 aromatic heterocycles. The smallest absolute Gasteiger partial charge is 0.408 e. The third-order valence-electron chi connectivity index (χ3n) is 4.40. The van der Waals surface area contributed by atoms with E-state index in [1.54, 1.807) is 0 Å². The van der Waals surface area contributed by atoms with E-state index in [1.165, 1.54) is 49.8 Å². The van der Waals surface area contributed by atoms with Gasteiger partial charge >= 0.3 is 18.0 Å². The summed E-state index contributed by atoms with van der Waals surface area (Å²) in [5, 5.41) is 2.45. The number of pyridine rings is 1. The summed E-state index contributed by atoms with van der Waals surface area (Å²) in [6.45, 7) is 1.91. The number of carbonyl (C=O) groups excluding carboxylic acids is 2. The van der Waals surface area contributed by atoms with Crippen LogP contribution >= 0.6 is 11.6 Å². The van der Waals surface area contributed by atoms with E-state index in [0.717, 1.165) is 12.5 Å². The van der Waals surface area contributed by atoms with Gasteiger partial charge in [0.05, 0.1) is 7.11 Å². The van der Waals surface area contributed by atoms with Crippen molar-refractivity contribution in [3.63, 3.8) is 0 Å². The number of rotatable bonds is 9. The Labute approximate surface area is 178 Å². The van der Waals surface area contributed by atoms with Gasteiger partial charge in [0.1, 0.15) is 6.04 Å². The molecule has 1 aromatic carbocycles. The van der Waals surface area contributed by atoms with Crippen molar-refractivity contribution in [2.45, 2.75) is 44.3 Å². The van der Waals surface area contributed by atoms with Crippen molar-refractivity contribution in [2.75, 3.05) is 7.11 Å². The van der Waals surface area contributed by atoms with Gasteiger partial charge in [0.15, 0.2) is 6.10 Å². The summed E-state index contributed by atoms with van der Waals surface area (Å²) in [6.07, 6.45) is 1.20. The van der Waals surface area contributed by atoms with Crippen LogP contribution in [0.2, 0.25) is 5.02 Å². The molecular formula is C21H23ClF2N2O4. The highest BCUT2D eigenvalue weighted by molar-refractivity contribution is 6.30. The van der Waals surface area contributed by atoms with Crippen molar-refractivity contribution in [1.29, 1.82) is 0 Å². The van der Waals surface area contributed by atoms with E-state index in [2.05, 4.69) is 15.0 Å². The van der Waals surface area contributed by atoms with E-state index in [1.807, 2.05) is 6.92 Å². The fraction of sp³-hybridized carbons (Fsp3) is 0.381. The molecule has 0 fully saturated rings. The summed E-state index contributed by atoms with van der Waals surface area (Å²) < 4.78 is 40.5. The number of alkyl carbamates (subject to hydrolysis) is 1. The molecule has 2 atom stereocenters. The van der Waals surface area contributed by atoms with E-state index >= 15 is 8.78 Å². The van der Waals surface area contributed by atoms with Gasteiger partial charge in [0.25, 0.3) is 0 Å². The Kier molecular flexibility index (Phi) is 8.53. The van der Waals surface area contributed by atoms with E-state index in [0.29, 0.717) is 12.8 Å². The van der Waals surface area contributed by atoms with Crippen LogP contribution < -0.4 is 5.32 Å². The molecule has 0 bridgehead atoms. The number of halogens is 3. The van der Waals surface area contributed by atoms with Crippen molar-refractivity contribution >= 4 is 23.7 Å². The molecular weight excluding hydrogens is 418 g/mol. The number of hydrogen-bond acceptors (Lipinski definition) is 5. The Morgan fingerprint density at radius 1 is 1.23 bits per heavy atom. The maximum absolute atomic E-state index is 15.3. The molecule has 1 amide bonds. The van der Waals surface area contributed by atoms with Crippen LogP contribution in [0.3, 0.4) is 0 Å². The van der Waals surface area contributed by atoms with Crippen molar-refractivity contribution in [3.05, 3.63) is 64.9 Å². The van der Waals surface area contributed by atoms with Gasteiger partial charge in [-0.05, 0) is 30.7 Å². The molecule has 0 spiro atoms. The molecule has 0 radical (unpaired) electrons. The maximum atomic E-state index is 15.3. The van der Waals surface area contributed by atoms with Gasteiger partial charge in [0.2, 0.25) is 0 Å². The van der Waals surface area contributed by atoms with E-state index in [9.17, 15) is 9.59 Å². The van der Waals surface area contributed by atoms with Crippen LogP contribution in [0.25, 0.3) is 0 Å². The number of amides is 1. The zero-order valence-electron chi connectivity index (χ0n) is 16.6. The fourth-order valence-corrected chi connectivity index (χ4v) is 3.01. The number of carbonyl (C=O) groups is 2. The summed E-state index contributed by atoms with van der Waals surface area (Å²) in [7, 11) is 1.18.